The Balaban J connectivity index is 1.56. The van der Waals surface area contributed by atoms with Gasteiger partial charge in [-0.3, -0.25) is 9.69 Å². The van der Waals surface area contributed by atoms with Gasteiger partial charge >= 0.3 is 0 Å². The summed E-state index contributed by atoms with van der Waals surface area (Å²) in [5, 5.41) is 9.65. The fraction of sp³-hybridized carbons (Fsp3) is 0.423. The Labute approximate surface area is 195 Å². The highest BCUT2D eigenvalue weighted by molar-refractivity contribution is 8.00. The number of ketones is 1. The minimum absolute atomic E-state index is 0.130. The third-order valence-electron chi connectivity index (χ3n) is 6.23. The molecule has 1 atom stereocenters. The lowest BCUT2D eigenvalue weighted by Crippen LogP contribution is -2.30. The summed E-state index contributed by atoms with van der Waals surface area (Å²) in [4.78, 5) is 15.6. The second-order valence-electron chi connectivity index (χ2n) is 8.73. The number of hydrogen-bond acceptors (Lipinski definition) is 5. The van der Waals surface area contributed by atoms with Crippen molar-refractivity contribution in [3.63, 3.8) is 0 Å². The molecule has 0 N–H and O–H groups in total. The summed E-state index contributed by atoms with van der Waals surface area (Å²) < 4.78 is 2.19. The van der Waals surface area contributed by atoms with Gasteiger partial charge in [0.25, 0.3) is 0 Å². The van der Waals surface area contributed by atoms with Crippen LogP contribution in [-0.2, 0) is 13.1 Å². The second kappa shape index (κ2) is 10.5. The quantitative estimate of drug-likeness (QED) is 0.346. The molecular weight excluding hydrogens is 416 g/mol. The van der Waals surface area contributed by atoms with E-state index in [0.29, 0.717) is 6.54 Å². The van der Waals surface area contributed by atoms with Crippen molar-refractivity contribution < 1.29 is 4.79 Å². The predicted octanol–water partition coefficient (Wildman–Crippen LogP) is 5.29. The molecule has 168 valence electrons. The lowest BCUT2D eigenvalue weighted by Gasteiger charge is -2.26. The van der Waals surface area contributed by atoms with E-state index in [2.05, 4.69) is 50.9 Å². The monoisotopic (exact) mass is 448 g/mol. The molecule has 5 nitrogen and oxygen atoms in total. The molecule has 0 spiro atoms. The van der Waals surface area contributed by atoms with Crippen LogP contribution >= 0.6 is 11.8 Å². The average molecular weight is 449 g/mol. The van der Waals surface area contributed by atoms with E-state index in [1.54, 1.807) is 0 Å². The fourth-order valence-corrected chi connectivity index (χ4v) is 5.05. The maximum absolute atomic E-state index is 13.1. The lowest BCUT2D eigenvalue weighted by atomic mass is 10.0. The number of rotatable bonds is 8. The minimum atomic E-state index is -0.237. The molecule has 1 unspecified atom stereocenters. The van der Waals surface area contributed by atoms with Crippen LogP contribution < -0.4 is 0 Å². The van der Waals surface area contributed by atoms with E-state index < -0.39 is 0 Å². The minimum Gasteiger partial charge on any atom is -0.300 e. The molecule has 1 aromatic heterocycles. The largest absolute Gasteiger partial charge is 0.300 e. The van der Waals surface area contributed by atoms with E-state index in [9.17, 15) is 4.79 Å². The van der Waals surface area contributed by atoms with Crippen LogP contribution in [-0.4, -0.2) is 43.8 Å². The predicted molar refractivity (Wildman–Crippen MR) is 130 cm³/mol. The van der Waals surface area contributed by atoms with Gasteiger partial charge in [-0.25, -0.2) is 0 Å². The second-order valence-corrected chi connectivity index (χ2v) is 10.0. The topological polar surface area (TPSA) is 51.0 Å². The smallest absolute Gasteiger partial charge is 0.192 e. The number of aryl methyl sites for hydroxylation is 2. The molecule has 1 saturated heterocycles. The summed E-state index contributed by atoms with van der Waals surface area (Å²) in [6.07, 6.45) is 3.80. The van der Waals surface area contributed by atoms with E-state index in [4.69, 9.17) is 0 Å². The number of hydrogen-bond donors (Lipinski definition) is 0. The highest BCUT2D eigenvalue weighted by atomic mass is 32.2. The van der Waals surface area contributed by atoms with Gasteiger partial charge in [0.15, 0.2) is 10.9 Å². The van der Waals surface area contributed by atoms with Crippen molar-refractivity contribution in [2.45, 2.75) is 63.5 Å². The number of likely N-dealkylation sites (tertiary alicyclic amines) is 1. The third-order valence-corrected chi connectivity index (χ3v) is 7.31. The van der Waals surface area contributed by atoms with Crippen LogP contribution in [0.2, 0.25) is 0 Å². The first-order valence-corrected chi connectivity index (χ1v) is 12.4. The van der Waals surface area contributed by atoms with Crippen molar-refractivity contribution in [2.75, 3.05) is 13.1 Å². The Morgan fingerprint density at radius 2 is 1.72 bits per heavy atom. The number of Topliss-reactive ketones (excluding diaryl/α,β-unsaturated/α-hetero) is 1. The summed E-state index contributed by atoms with van der Waals surface area (Å²) in [7, 11) is 0. The van der Waals surface area contributed by atoms with Crippen molar-refractivity contribution in [1.82, 2.24) is 19.7 Å². The molecule has 0 aliphatic carbocycles. The van der Waals surface area contributed by atoms with E-state index in [-0.39, 0.29) is 11.0 Å². The summed E-state index contributed by atoms with van der Waals surface area (Å²) >= 11 is 1.51. The Kier molecular flexibility index (Phi) is 7.43. The van der Waals surface area contributed by atoms with Gasteiger partial charge in [0.2, 0.25) is 0 Å². The van der Waals surface area contributed by atoms with Crippen LogP contribution in [0.25, 0.3) is 0 Å². The molecule has 4 rings (SSSR count). The van der Waals surface area contributed by atoms with E-state index in [0.717, 1.165) is 41.7 Å². The lowest BCUT2D eigenvalue weighted by molar-refractivity contribution is 0.0993. The average Bonchev–Trinajstić information content (AvgIpc) is 3.17. The number of piperidine rings is 1. The Morgan fingerprint density at radius 3 is 2.44 bits per heavy atom. The van der Waals surface area contributed by atoms with Gasteiger partial charge in [-0.05, 0) is 69.5 Å². The van der Waals surface area contributed by atoms with Crippen LogP contribution in [0.5, 0.6) is 0 Å². The molecule has 2 aromatic carbocycles. The zero-order valence-electron chi connectivity index (χ0n) is 19.3. The molecule has 1 aliphatic heterocycles. The van der Waals surface area contributed by atoms with Crippen LogP contribution in [0.4, 0.5) is 0 Å². The zero-order valence-corrected chi connectivity index (χ0v) is 20.1. The van der Waals surface area contributed by atoms with E-state index >= 15 is 0 Å². The first-order valence-electron chi connectivity index (χ1n) is 11.5. The number of benzene rings is 2. The Hall–Kier alpha value is -2.44. The van der Waals surface area contributed by atoms with Crippen molar-refractivity contribution in [1.29, 1.82) is 0 Å². The molecule has 1 fully saturated rings. The molecule has 0 bridgehead atoms. The maximum Gasteiger partial charge on any atom is 0.192 e. The molecule has 0 saturated carbocycles. The van der Waals surface area contributed by atoms with Gasteiger partial charge in [-0.2, -0.15) is 0 Å². The molecule has 1 aliphatic rings. The van der Waals surface area contributed by atoms with Gasteiger partial charge in [0.1, 0.15) is 5.82 Å². The molecule has 0 amide bonds. The summed E-state index contributed by atoms with van der Waals surface area (Å²) in [6, 6.07) is 16.3. The fourth-order valence-electron chi connectivity index (χ4n) is 4.11. The van der Waals surface area contributed by atoms with Crippen LogP contribution in [0.15, 0.2) is 53.7 Å². The van der Waals surface area contributed by atoms with Crippen molar-refractivity contribution >= 4 is 17.5 Å². The Bertz CT molecular complexity index is 1060. The van der Waals surface area contributed by atoms with Crippen LogP contribution in [0, 0.1) is 13.8 Å². The number of aromatic nitrogens is 3. The van der Waals surface area contributed by atoms with Gasteiger partial charge in [0.05, 0.1) is 18.3 Å². The van der Waals surface area contributed by atoms with Crippen LogP contribution in [0.1, 0.15) is 59.1 Å². The summed E-state index contributed by atoms with van der Waals surface area (Å²) in [6.45, 7) is 9.83. The van der Waals surface area contributed by atoms with Crippen molar-refractivity contribution in [2.24, 2.45) is 0 Å². The third kappa shape index (κ3) is 5.48. The SMILES string of the molecule is Cc1ccc(C(=O)C(C)Sc2nnc(CN3CCCCC3)n2Cc2ccccc2)cc1C. The number of carbonyl (C=O) groups is 1. The van der Waals surface area contributed by atoms with E-state index in [1.807, 2.05) is 38.1 Å². The molecule has 32 heavy (non-hydrogen) atoms. The standard InChI is InChI=1S/C26H32N4OS/c1-19-12-13-23(16-20(19)2)25(31)21(3)32-26-28-27-24(18-29-14-8-5-9-15-29)30(26)17-22-10-6-4-7-11-22/h4,6-7,10-13,16,21H,5,8-9,14-15,17-18H2,1-3H3. The number of thioether (sulfide) groups is 1. The highest BCUT2D eigenvalue weighted by Crippen LogP contribution is 2.27. The van der Waals surface area contributed by atoms with Gasteiger partial charge in [-0.15, -0.1) is 10.2 Å². The summed E-state index contributed by atoms with van der Waals surface area (Å²) in [5.74, 6) is 1.11. The molecule has 6 heteroatoms. The van der Waals surface area contributed by atoms with Crippen molar-refractivity contribution in [3.8, 4) is 0 Å². The zero-order chi connectivity index (χ0) is 22.5. The van der Waals surface area contributed by atoms with Crippen LogP contribution in [0.3, 0.4) is 0 Å². The Morgan fingerprint density at radius 1 is 0.969 bits per heavy atom. The number of carbonyl (C=O) groups excluding carboxylic acids is 1. The molecule has 3 aromatic rings. The maximum atomic E-state index is 13.1. The van der Waals surface area contributed by atoms with Gasteiger partial charge < -0.3 is 4.57 Å². The van der Waals surface area contributed by atoms with Gasteiger partial charge in [0, 0.05) is 5.56 Å². The highest BCUT2D eigenvalue weighted by Gasteiger charge is 2.23. The van der Waals surface area contributed by atoms with E-state index in [1.165, 1.54) is 42.2 Å². The normalized spacial score (nSPS) is 15.6. The summed E-state index contributed by atoms with van der Waals surface area (Å²) in [5.41, 5.74) is 4.31. The number of nitrogens with zero attached hydrogens (tertiary/aromatic N) is 4. The molecule has 2 heterocycles. The molecule has 0 radical (unpaired) electrons. The van der Waals surface area contributed by atoms with Gasteiger partial charge in [-0.1, -0.05) is 60.6 Å². The first kappa shape index (κ1) is 22.7. The van der Waals surface area contributed by atoms with Crippen molar-refractivity contribution in [3.05, 3.63) is 76.6 Å². The molecular formula is C26H32N4OS. The first-order chi connectivity index (χ1) is 15.5.